The molecule has 2 aromatic carbocycles. The number of nitriles is 1. The van der Waals surface area contributed by atoms with Gasteiger partial charge in [0.25, 0.3) is 0 Å². The van der Waals surface area contributed by atoms with Gasteiger partial charge >= 0.3 is 0 Å². The van der Waals surface area contributed by atoms with Gasteiger partial charge in [-0.1, -0.05) is 24.3 Å². The lowest BCUT2D eigenvalue weighted by Gasteiger charge is -2.31. The van der Waals surface area contributed by atoms with Crippen molar-refractivity contribution in [3.63, 3.8) is 0 Å². The van der Waals surface area contributed by atoms with Crippen molar-refractivity contribution in [2.24, 2.45) is 0 Å². The van der Waals surface area contributed by atoms with Crippen LogP contribution in [0.4, 0.5) is 5.69 Å². The molecular formula is C17H16N2O. The van der Waals surface area contributed by atoms with Gasteiger partial charge < -0.3 is 9.64 Å². The number of rotatable bonds is 2. The second kappa shape index (κ2) is 5.26. The number of ether oxygens (including phenoxy) is 1. The topological polar surface area (TPSA) is 36.3 Å². The Bertz CT molecular complexity index is 673. The maximum absolute atomic E-state index is 9.29. The Morgan fingerprint density at radius 3 is 2.70 bits per heavy atom. The fraction of sp³-hybridized carbons (Fsp3) is 0.235. The Balaban J connectivity index is 1.97. The number of fused-ring (bicyclic) bond motifs is 1. The van der Waals surface area contributed by atoms with Gasteiger partial charge in [-0.3, -0.25) is 0 Å². The Hall–Kier alpha value is -2.47. The second-order valence-corrected chi connectivity index (χ2v) is 4.94. The molecule has 0 aliphatic carbocycles. The minimum absolute atomic E-state index is 0.699. The van der Waals surface area contributed by atoms with E-state index in [1.807, 2.05) is 18.2 Å². The molecule has 0 fully saturated rings. The van der Waals surface area contributed by atoms with Gasteiger partial charge in [0.05, 0.1) is 18.4 Å². The van der Waals surface area contributed by atoms with Crippen molar-refractivity contribution < 1.29 is 4.74 Å². The largest absolute Gasteiger partial charge is 0.497 e. The molecule has 1 aliphatic heterocycles. The first kappa shape index (κ1) is 12.6. The number of anilines is 1. The Kier molecular flexibility index (Phi) is 3.30. The molecule has 0 radical (unpaired) electrons. The predicted molar refractivity (Wildman–Crippen MR) is 78.9 cm³/mol. The highest BCUT2D eigenvalue weighted by molar-refractivity contribution is 5.63. The van der Waals surface area contributed by atoms with Crippen LogP contribution in [0.2, 0.25) is 0 Å². The van der Waals surface area contributed by atoms with Crippen molar-refractivity contribution in [2.75, 3.05) is 18.6 Å². The van der Waals surface area contributed by atoms with Gasteiger partial charge in [0.15, 0.2) is 0 Å². The summed E-state index contributed by atoms with van der Waals surface area (Å²) < 4.78 is 5.28. The number of hydrogen-bond acceptors (Lipinski definition) is 3. The summed E-state index contributed by atoms with van der Waals surface area (Å²) in [4.78, 5) is 2.25. The summed E-state index contributed by atoms with van der Waals surface area (Å²) in [5.41, 5.74) is 4.40. The van der Waals surface area contributed by atoms with Crippen LogP contribution in [0.3, 0.4) is 0 Å². The molecule has 3 heteroatoms. The first-order valence-electron chi connectivity index (χ1n) is 6.71. The van der Waals surface area contributed by atoms with Crippen LogP contribution in [-0.2, 0) is 13.0 Å². The molecule has 1 aliphatic rings. The van der Waals surface area contributed by atoms with E-state index in [-0.39, 0.29) is 0 Å². The normalized spacial score (nSPS) is 13.5. The van der Waals surface area contributed by atoms with Crippen LogP contribution in [0, 0.1) is 11.3 Å². The molecule has 0 atom stereocenters. The second-order valence-electron chi connectivity index (χ2n) is 4.94. The summed E-state index contributed by atoms with van der Waals surface area (Å²) in [6, 6.07) is 16.4. The Labute approximate surface area is 119 Å². The molecule has 0 unspecified atom stereocenters. The zero-order valence-corrected chi connectivity index (χ0v) is 11.5. The average Bonchev–Trinajstić information content (AvgIpc) is 2.53. The fourth-order valence-corrected chi connectivity index (χ4v) is 2.70. The standard InChI is InChI=1S/C17H16N2O/c1-20-16-7-6-14(11-18)17(10-16)19-9-8-13-4-2-3-5-15(13)12-19/h2-7,10H,8-9,12H2,1H3. The van der Waals surface area contributed by atoms with Crippen LogP contribution >= 0.6 is 0 Å². The lowest BCUT2D eigenvalue weighted by Crippen LogP contribution is -2.30. The molecule has 2 aromatic rings. The Morgan fingerprint density at radius 2 is 1.95 bits per heavy atom. The minimum Gasteiger partial charge on any atom is -0.497 e. The van der Waals surface area contributed by atoms with Crippen LogP contribution < -0.4 is 9.64 Å². The van der Waals surface area contributed by atoms with E-state index in [0.717, 1.165) is 30.9 Å². The lowest BCUT2D eigenvalue weighted by atomic mass is 9.99. The average molecular weight is 264 g/mol. The monoisotopic (exact) mass is 264 g/mol. The maximum atomic E-state index is 9.29. The fourth-order valence-electron chi connectivity index (χ4n) is 2.70. The lowest BCUT2D eigenvalue weighted by molar-refractivity contribution is 0.414. The molecule has 0 spiro atoms. The zero-order valence-electron chi connectivity index (χ0n) is 11.5. The van der Waals surface area contributed by atoms with E-state index in [0.29, 0.717) is 5.56 Å². The third kappa shape index (κ3) is 2.21. The number of hydrogen-bond donors (Lipinski definition) is 0. The smallest absolute Gasteiger partial charge is 0.121 e. The summed E-state index contributed by atoms with van der Waals surface area (Å²) in [5, 5.41) is 9.29. The van der Waals surface area contributed by atoms with Crippen molar-refractivity contribution in [2.45, 2.75) is 13.0 Å². The van der Waals surface area contributed by atoms with E-state index < -0.39 is 0 Å². The first-order chi connectivity index (χ1) is 9.81. The van der Waals surface area contributed by atoms with Crippen LogP contribution in [0.5, 0.6) is 5.75 Å². The maximum Gasteiger partial charge on any atom is 0.121 e. The van der Waals surface area contributed by atoms with Crippen LogP contribution in [-0.4, -0.2) is 13.7 Å². The highest BCUT2D eigenvalue weighted by Crippen LogP contribution is 2.30. The first-order valence-corrected chi connectivity index (χ1v) is 6.71. The van der Waals surface area contributed by atoms with Crippen LogP contribution in [0.1, 0.15) is 16.7 Å². The van der Waals surface area contributed by atoms with Crippen molar-refractivity contribution >= 4 is 5.69 Å². The van der Waals surface area contributed by atoms with Crippen molar-refractivity contribution in [1.82, 2.24) is 0 Å². The third-order valence-electron chi connectivity index (χ3n) is 3.80. The zero-order chi connectivity index (χ0) is 13.9. The molecule has 0 amide bonds. The molecule has 3 rings (SSSR count). The highest BCUT2D eigenvalue weighted by atomic mass is 16.5. The van der Waals surface area contributed by atoms with Gasteiger partial charge in [0.2, 0.25) is 0 Å². The minimum atomic E-state index is 0.699. The molecule has 0 aromatic heterocycles. The number of nitrogens with zero attached hydrogens (tertiary/aromatic N) is 2. The molecule has 1 heterocycles. The van der Waals surface area contributed by atoms with Gasteiger partial charge in [-0.25, -0.2) is 0 Å². The molecule has 3 nitrogen and oxygen atoms in total. The van der Waals surface area contributed by atoms with Crippen LogP contribution in [0.15, 0.2) is 42.5 Å². The van der Waals surface area contributed by atoms with E-state index in [2.05, 4.69) is 35.2 Å². The highest BCUT2D eigenvalue weighted by Gasteiger charge is 2.18. The summed E-state index contributed by atoms with van der Waals surface area (Å²) in [6.07, 6.45) is 1.01. The van der Waals surface area contributed by atoms with E-state index in [1.54, 1.807) is 7.11 Å². The van der Waals surface area contributed by atoms with Crippen molar-refractivity contribution in [3.8, 4) is 11.8 Å². The van der Waals surface area contributed by atoms with E-state index in [4.69, 9.17) is 4.74 Å². The van der Waals surface area contributed by atoms with E-state index >= 15 is 0 Å². The SMILES string of the molecule is COc1ccc(C#N)c(N2CCc3ccccc3C2)c1. The molecular weight excluding hydrogens is 248 g/mol. The summed E-state index contributed by atoms with van der Waals surface area (Å²) in [5.74, 6) is 0.790. The van der Waals surface area contributed by atoms with Crippen LogP contribution in [0.25, 0.3) is 0 Å². The molecule has 20 heavy (non-hydrogen) atoms. The summed E-state index contributed by atoms with van der Waals surface area (Å²) >= 11 is 0. The quantitative estimate of drug-likeness (QED) is 0.836. The van der Waals surface area contributed by atoms with E-state index in [1.165, 1.54) is 11.1 Å². The van der Waals surface area contributed by atoms with Gasteiger partial charge in [-0.2, -0.15) is 5.26 Å². The van der Waals surface area contributed by atoms with Crippen molar-refractivity contribution in [1.29, 1.82) is 5.26 Å². The van der Waals surface area contributed by atoms with Gasteiger partial charge in [0, 0.05) is 19.2 Å². The number of benzene rings is 2. The van der Waals surface area contributed by atoms with Crippen molar-refractivity contribution in [3.05, 3.63) is 59.2 Å². The molecule has 0 saturated heterocycles. The van der Waals surface area contributed by atoms with Gasteiger partial charge in [-0.15, -0.1) is 0 Å². The third-order valence-corrected chi connectivity index (χ3v) is 3.80. The van der Waals surface area contributed by atoms with E-state index in [9.17, 15) is 5.26 Å². The van der Waals surface area contributed by atoms with Gasteiger partial charge in [0.1, 0.15) is 11.8 Å². The predicted octanol–water partition coefficient (Wildman–Crippen LogP) is 3.13. The molecule has 0 N–H and O–H groups in total. The summed E-state index contributed by atoms with van der Waals surface area (Å²) in [6.45, 7) is 1.77. The number of methoxy groups -OCH3 is 1. The molecule has 0 saturated carbocycles. The summed E-state index contributed by atoms with van der Waals surface area (Å²) in [7, 11) is 1.65. The van der Waals surface area contributed by atoms with Gasteiger partial charge in [-0.05, 0) is 29.7 Å². The Morgan fingerprint density at radius 1 is 1.15 bits per heavy atom. The molecule has 100 valence electrons. The molecule has 0 bridgehead atoms.